The van der Waals surface area contributed by atoms with Gasteiger partial charge in [0.15, 0.2) is 0 Å². The number of hydrogen-bond donors (Lipinski definition) is 2. The first-order chi connectivity index (χ1) is 10.7. The molecule has 0 atom stereocenters. The molecule has 0 aliphatic rings. The predicted octanol–water partition coefficient (Wildman–Crippen LogP) is 3.15. The summed E-state index contributed by atoms with van der Waals surface area (Å²) in [5.41, 5.74) is 1.78. The lowest BCUT2D eigenvalue weighted by atomic mass is 10.1. The Morgan fingerprint density at radius 1 is 1.09 bits per heavy atom. The second-order valence-electron chi connectivity index (χ2n) is 4.82. The SMILES string of the molecule is O=c1cc(-c2ccccc2O)[nH]n1-c1nc2ccccc2s1. The zero-order chi connectivity index (χ0) is 15.1. The van der Waals surface area contributed by atoms with Gasteiger partial charge in [-0.25, -0.2) is 4.98 Å². The number of phenolic OH excluding ortho intramolecular Hbond substituents is 1. The first-order valence-electron chi connectivity index (χ1n) is 6.69. The lowest BCUT2D eigenvalue weighted by Gasteiger charge is -2.01. The van der Waals surface area contributed by atoms with Crippen molar-refractivity contribution in [2.45, 2.75) is 0 Å². The molecule has 0 unspecified atom stereocenters. The van der Waals surface area contributed by atoms with Crippen molar-refractivity contribution in [1.82, 2.24) is 14.8 Å². The van der Waals surface area contributed by atoms with Crippen LogP contribution in [0.3, 0.4) is 0 Å². The zero-order valence-electron chi connectivity index (χ0n) is 11.4. The lowest BCUT2D eigenvalue weighted by Crippen LogP contribution is -2.12. The Bertz CT molecular complexity index is 996. The molecule has 0 aliphatic heterocycles. The molecule has 2 aromatic carbocycles. The molecule has 22 heavy (non-hydrogen) atoms. The van der Waals surface area contributed by atoms with Crippen LogP contribution in [-0.2, 0) is 0 Å². The van der Waals surface area contributed by atoms with Crippen LogP contribution in [0.4, 0.5) is 0 Å². The fourth-order valence-electron chi connectivity index (χ4n) is 2.33. The summed E-state index contributed by atoms with van der Waals surface area (Å²) in [7, 11) is 0. The number of hydrogen-bond acceptors (Lipinski definition) is 4. The van der Waals surface area contributed by atoms with E-state index in [4.69, 9.17) is 0 Å². The number of nitrogens with one attached hydrogen (secondary N) is 1. The number of nitrogens with zero attached hydrogens (tertiary/aromatic N) is 2. The molecule has 2 aromatic heterocycles. The number of rotatable bonds is 2. The fraction of sp³-hybridized carbons (Fsp3) is 0. The van der Waals surface area contributed by atoms with Gasteiger partial charge < -0.3 is 5.11 Å². The maximum Gasteiger partial charge on any atom is 0.273 e. The largest absolute Gasteiger partial charge is 0.507 e. The molecular formula is C16H11N3O2S. The summed E-state index contributed by atoms with van der Waals surface area (Å²) < 4.78 is 2.41. The molecule has 4 rings (SSSR count). The number of aromatic hydroxyl groups is 1. The molecule has 0 saturated heterocycles. The molecule has 2 heterocycles. The minimum absolute atomic E-state index is 0.125. The summed E-state index contributed by atoms with van der Waals surface area (Å²) in [4.78, 5) is 16.7. The summed E-state index contributed by atoms with van der Waals surface area (Å²) in [6.45, 7) is 0. The van der Waals surface area contributed by atoms with Crippen LogP contribution < -0.4 is 5.56 Å². The summed E-state index contributed by atoms with van der Waals surface area (Å²) >= 11 is 1.44. The Balaban J connectivity index is 1.87. The van der Waals surface area contributed by atoms with Gasteiger partial charge in [0.1, 0.15) is 5.75 Å². The van der Waals surface area contributed by atoms with E-state index < -0.39 is 0 Å². The van der Waals surface area contributed by atoms with Crippen LogP contribution in [0.2, 0.25) is 0 Å². The third-order valence-corrected chi connectivity index (χ3v) is 4.41. The third-order valence-electron chi connectivity index (χ3n) is 3.39. The first-order valence-corrected chi connectivity index (χ1v) is 7.50. The van der Waals surface area contributed by atoms with Crippen molar-refractivity contribution in [2.75, 3.05) is 0 Å². The van der Waals surface area contributed by atoms with Crippen LogP contribution in [0.1, 0.15) is 0 Å². The van der Waals surface area contributed by atoms with Crippen molar-refractivity contribution in [1.29, 1.82) is 0 Å². The van der Waals surface area contributed by atoms with Crippen LogP contribution in [-0.4, -0.2) is 19.9 Å². The number of benzene rings is 2. The van der Waals surface area contributed by atoms with Crippen molar-refractivity contribution in [3.8, 4) is 22.1 Å². The Kier molecular flexibility index (Phi) is 2.83. The van der Waals surface area contributed by atoms with Gasteiger partial charge >= 0.3 is 0 Å². The van der Waals surface area contributed by atoms with E-state index in [1.165, 1.54) is 22.1 Å². The van der Waals surface area contributed by atoms with E-state index in [2.05, 4.69) is 10.1 Å². The highest BCUT2D eigenvalue weighted by Crippen LogP contribution is 2.28. The van der Waals surface area contributed by atoms with E-state index in [1.54, 1.807) is 18.2 Å². The highest BCUT2D eigenvalue weighted by atomic mass is 32.1. The van der Waals surface area contributed by atoms with Crippen molar-refractivity contribution < 1.29 is 5.11 Å². The van der Waals surface area contributed by atoms with Crippen molar-refractivity contribution in [2.24, 2.45) is 0 Å². The van der Waals surface area contributed by atoms with Crippen molar-refractivity contribution >= 4 is 21.6 Å². The average molecular weight is 309 g/mol. The average Bonchev–Trinajstić information content (AvgIpc) is 3.10. The van der Waals surface area contributed by atoms with Gasteiger partial charge in [-0.15, -0.1) is 0 Å². The van der Waals surface area contributed by atoms with Gasteiger partial charge in [0.05, 0.1) is 15.9 Å². The molecule has 6 heteroatoms. The molecule has 0 aliphatic carbocycles. The maximum atomic E-state index is 12.2. The predicted molar refractivity (Wildman–Crippen MR) is 86.7 cm³/mol. The van der Waals surface area contributed by atoms with Gasteiger partial charge in [-0.05, 0) is 24.3 Å². The number of aromatic amines is 1. The smallest absolute Gasteiger partial charge is 0.273 e. The maximum absolute atomic E-state index is 12.2. The number of H-pyrrole nitrogens is 1. The van der Waals surface area contributed by atoms with Crippen LogP contribution in [0.5, 0.6) is 5.75 Å². The number of aromatic nitrogens is 3. The van der Waals surface area contributed by atoms with Gasteiger partial charge in [-0.2, -0.15) is 4.68 Å². The molecule has 108 valence electrons. The van der Waals surface area contributed by atoms with Crippen molar-refractivity contribution in [3.05, 3.63) is 65.0 Å². The quantitative estimate of drug-likeness (QED) is 0.597. The van der Waals surface area contributed by atoms with Gasteiger partial charge in [-0.1, -0.05) is 35.6 Å². The standard InChI is InChI=1S/C16H11N3O2S/c20-13-7-3-1-5-10(13)12-9-15(21)19(18-12)16-17-11-6-2-4-8-14(11)22-16/h1-9,18,20H. The summed E-state index contributed by atoms with van der Waals surface area (Å²) in [5, 5.41) is 13.5. The number of para-hydroxylation sites is 2. The van der Waals surface area contributed by atoms with E-state index >= 15 is 0 Å². The highest BCUT2D eigenvalue weighted by Gasteiger charge is 2.12. The van der Waals surface area contributed by atoms with Crippen LogP contribution in [0.15, 0.2) is 59.4 Å². The van der Waals surface area contributed by atoms with E-state index in [0.29, 0.717) is 16.4 Å². The monoisotopic (exact) mass is 309 g/mol. The normalized spacial score (nSPS) is 11.1. The van der Waals surface area contributed by atoms with E-state index in [1.807, 2.05) is 30.3 Å². The molecule has 0 fully saturated rings. The topological polar surface area (TPSA) is 70.9 Å². The minimum atomic E-state index is -0.211. The van der Waals surface area contributed by atoms with Gasteiger partial charge in [0, 0.05) is 11.6 Å². The van der Waals surface area contributed by atoms with Crippen LogP contribution in [0, 0.1) is 0 Å². The van der Waals surface area contributed by atoms with E-state index in [9.17, 15) is 9.90 Å². The third kappa shape index (κ3) is 2.01. The molecule has 5 nitrogen and oxygen atoms in total. The summed E-state index contributed by atoms with van der Waals surface area (Å²) in [6, 6.07) is 16.1. The fourth-order valence-corrected chi connectivity index (χ4v) is 3.27. The number of fused-ring (bicyclic) bond motifs is 1. The molecule has 0 amide bonds. The van der Waals surface area contributed by atoms with Crippen molar-refractivity contribution in [3.63, 3.8) is 0 Å². The van der Waals surface area contributed by atoms with Gasteiger partial charge in [0.2, 0.25) is 5.13 Å². The molecule has 4 aromatic rings. The Morgan fingerprint density at radius 3 is 2.68 bits per heavy atom. The summed E-state index contributed by atoms with van der Waals surface area (Å²) in [5.74, 6) is 0.125. The van der Waals surface area contributed by atoms with Crippen LogP contribution in [0.25, 0.3) is 26.6 Å². The number of thiazole rings is 1. The van der Waals surface area contributed by atoms with E-state index in [-0.39, 0.29) is 11.3 Å². The van der Waals surface area contributed by atoms with Gasteiger partial charge in [-0.3, -0.25) is 9.89 Å². The molecule has 0 spiro atoms. The molecule has 0 bridgehead atoms. The molecule has 0 radical (unpaired) electrons. The van der Waals surface area contributed by atoms with Gasteiger partial charge in [0.25, 0.3) is 5.56 Å². The second-order valence-corrected chi connectivity index (χ2v) is 5.83. The highest BCUT2D eigenvalue weighted by molar-refractivity contribution is 7.20. The minimum Gasteiger partial charge on any atom is -0.507 e. The number of phenols is 1. The van der Waals surface area contributed by atoms with E-state index in [0.717, 1.165) is 10.2 Å². The summed E-state index contributed by atoms with van der Waals surface area (Å²) in [6.07, 6.45) is 0. The molecule has 2 N–H and O–H groups in total. The lowest BCUT2D eigenvalue weighted by molar-refractivity contribution is 0.477. The molecule has 0 saturated carbocycles. The Hall–Kier alpha value is -2.86. The Labute approximate surface area is 129 Å². The van der Waals surface area contributed by atoms with Crippen LogP contribution >= 0.6 is 11.3 Å². The molecular weight excluding hydrogens is 298 g/mol. The first kappa shape index (κ1) is 12.8. The second kappa shape index (κ2) is 4.85. The zero-order valence-corrected chi connectivity index (χ0v) is 12.2. The Morgan fingerprint density at radius 2 is 1.86 bits per heavy atom.